The van der Waals surface area contributed by atoms with Gasteiger partial charge in [0.2, 0.25) is 0 Å². The summed E-state index contributed by atoms with van der Waals surface area (Å²) in [6.07, 6.45) is 1.64. The number of aromatic nitrogens is 1. The van der Waals surface area contributed by atoms with E-state index < -0.39 is 43.2 Å². The molecule has 0 aromatic carbocycles. The lowest BCUT2D eigenvalue weighted by atomic mass is 10.2. The van der Waals surface area contributed by atoms with Crippen LogP contribution in [0.4, 0.5) is 0 Å². The molecule has 2 heterocycles. The Labute approximate surface area is 233 Å². The standard InChI is InChI=1S/C20H31N4O13P3/c25-18-8-9-19(26)24(18)37-20(27)7-2-1-3-10-22(13-34-38(28)29)11-16-5-4-6-17(21-16)12-23(14-35-39(30)31)15-36-40(32)33/h4-6,30-33H,1-3,7-15H2/p+1. The van der Waals surface area contributed by atoms with Crippen LogP contribution in [0.2, 0.25) is 0 Å². The van der Waals surface area contributed by atoms with E-state index >= 15 is 0 Å². The molecule has 5 N–H and O–H groups in total. The molecule has 1 aliphatic heterocycles. The van der Waals surface area contributed by atoms with Gasteiger partial charge in [-0.3, -0.25) is 33.4 Å². The number of unbranched alkanes of at least 4 members (excludes halogenated alkanes) is 2. The van der Waals surface area contributed by atoms with Crippen LogP contribution >= 0.6 is 25.5 Å². The monoisotopic (exact) mass is 629 g/mol. The van der Waals surface area contributed by atoms with E-state index in [4.69, 9.17) is 42.9 Å². The summed E-state index contributed by atoms with van der Waals surface area (Å²) < 4.78 is 25.5. The van der Waals surface area contributed by atoms with Crippen LogP contribution in [-0.4, -0.2) is 88.8 Å². The Bertz CT molecular complexity index is 963. The van der Waals surface area contributed by atoms with Gasteiger partial charge in [0.25, 0.3) is 11.8 Å². The van der Waals surface area contributed by atoms with Crippen LogP contribution in [0.5, 0.6) is 0 Å². The number of carbonyl (C=O) groups is 3. The van der Waals surface area contributed by atoms with Gasteiger partial charge in [0, 0.05) is 43.5 Å². The molecule has 1 aromatic rings. The third-order valence-electron chi connectivity index (χ3n) is 5.25. The average molecular weight is 629 g/mol. The second kappa shape index (κ2) is 18.7. The summed E-state index contributed by atoms with van der Waals surface area (Å²) in [5.41, 5.74) is 1.10. The zero-order chi connectivity index (χ0) is 29.5. The number of carbonyl (C=O) groups excluding carboxylic acids is 3. The van der Waals surface area contributed by atoms with Crippen molar-refractivity contribution in [3.05, 3.63) is 29.6 Å². The summed E-state index contributed by atoms with van der Waals surface area (Å²) in [7, 11) is -8.11. The van der Waals surface area contributed by atoms with Gasteiger partial charge in [-0.05, 0) is 25.0 Å². The minimum Gasteiger partial charge on any atom is -0.330 e. The molecule has 0 spiro atoms. The van der Waals surface area contributed by atoms with Crippen LogP contribution in [0, 0.1) is 0 Å². The van der Waals surface area contributed by atoms with E-state index in [0.717, 1.165) is 0 Å². The zero-order valence-electron chi connectivity index (χ0n) is 21.3. The van der Waals surface area contributed by atoms with Crippen molar-refractivity contribution in [2.45, 2.75) is 51.6 Å². The van der Waals surface area contributed by atoms with Gasteiger partial charge >= 0.3 is 31.4 Å². The van der Waals surface area contributed by atoms with Gasteiger partial charge < -0.3 is 24.4 Å². The lowest BCUT2D eigenvalue weighted by Crippen LogP contribution is -2.32. The largest absolute Gasteiger partial charge is 0.696 e. The van der Waals surface area contributed by atoms with Gasteiger partial charge in [-0.15, -0.1) is 14.5 Å². The maximum absolute atomic E-state index is 11.9. The van der Waals surface area contributed by atoms with Gasteiger partial charge in [-0.2, -0.15) is 0 Å². The Morgan fingerprint density at radius 3 is 2.05 bits per heavy atom. The molecule has 0 radical (unpaired) electrons. The molecular weight excluding hydrogens is 597 g/mol. The Balaban J connectivity index is 1.87. The molecular formula is C20H32N4O13P3+. The lowest BCUT2D eigenvalue weighted by Gasteiger charge is -2.22. The van der Waals surface area contributed by atoms with E-state index in [1.807, 2.05) is 0 Å². The van der Waals surface area contributed by atoms with Gasteiger partial charge in [0.15, 0.2) is 6.73 Å². The van der Waals surface area contributed by atoms with Crippen LogP contribution in [0.3, 0.4) is 0 Å². The minimum absolute atomic E-state index is 0.00648. The number of nitrogens with zero attached hydrogens (tertiary/aromatic N) is 4. The van der Waals surface area contributed by atoms with Crippen molar-refractivity contribution in [3.63, 3.8) is 0 Å². The predicted octanol–water partition coefficient (Wildman–Crippen LogP) is 0.848. The number of hydroxylamine groups is 2. The maximum atomic E-state index is 11.9. The fourth-order valence-corrected chi connectivity index (χ4v) is 4.26. The minimum atomic E-state index is -2.84. The fourth-order valence-electron chi connectivity index (χ4n) is 3.47. The van der Waals surface area contributed by atoms with Gasteiger partial charge in [0.05, 0.1) is 11.4 Å². The van der Waals surface area contributed by atoms with Gasteiger partial charge in [-0.25, -0.2) is 4.79 Å². The van der Waals surface area contributed by atoms with E-state index in [-0.39, 0.29) is 52.5 Å². The first-order chi connectivity index (χ1) is 19.0. The topological polar surface area (TPSA) is 229 Å². The molecule has 0 saturated carbocycles. The van der Waals surface area contributed by atoms with Crippen molar-refractivity contribution in [1.29, 1.82) is 0 Å². The van der Waals surface area contributed by atoms with E-state index in [0.29, 0.717) is 42.3 Å². The zero-order valence-corrected chi connectivity index (χ0v) is 24.0. The summed E-state index contributed by atoms with van der Waals surface area (Å²) >= 11 is 0. The van der Waals surface area contributed by atoms with Crippen molar-refractivity contribution in [1.82, 2.24) is 19.8 Å². The van der Waals surface area contributed by atoms with Crippen molar-refractivity contribution in [2.75, 3.05) is 26.7 Å². The molecule has 0 aliphatic carbocycles. The third kappa shape index (κ3) is 14.3. The Morgan fingerprint density at radius 2 is 1.50 bits per heavy atom. The molecule has 2 amide bonds. The summed E-state index contributed by atoms with van der Waals surface area (Å²) in [5, 5.41) is 0.505. The molecule has 1 aromatic heterocycles. The van der Waals surface area contributed by atoms with Crippen LogP contribution < -0.4 is 0 Å². The Hall–Kier alpha value is -1.68. The highest BCUT2D eigenvalue weighted by atomic mass is 31.2. The van der Waals surface area contributed by atoms with E-state index in [1.54, 1.807) is 23.1 Å². The van der Waals surface area contributed by atoms with Crippen LogP contribution in [-0.2, 0) is 50.4 Å². The second-order valence-electron chi connectivity index (χ2n) is 8.38. The second-order valence-corrected chi connectivity index (χ2v) is 10.6. The highest BCUT2D eigenvalue weighted by Crippen LogP contribution is 2.27. The van der Waals surface area contributed by atoms with Crippen molar-refractivity contribution >= 4 is 43.2 Å². The van der Waals surface area contributed by atoms with Crippen molar-refractivity contribution < 1.29 is 61.8 Å². The van der Waals surface area contributed by atoms with Crippen molar-refractivity contribution in [2.24, 2.45) is 0 Å². The van der Waals surface area contributed by atoms with Gasteiger partial charge in [-0.1, -0.05) is 12.5 Å². The summed E-state index contributed by atoms with van der Waals surface area (Å²) in [5.74, 6) is -1.77. The highest BCUT2D eigenvalue weighted by molar-refractivity contribution is 7.39. The molecule has 224 valence electrons. The number of rotatable bonds is 20. The number of amides is 2. The molecule has 17 nitrogen and oxygen atoms in total. The number of imide groups is 1. The maximum Gasteiger partial charge on any atom is 0.696 e. The van der Waals surface area contributed by atoms with Gasteiger partial charge in [0.1, 0.15) is 13.5 Å². The Morgan fingerprint density at radius 1 is 0.925 bits per heavy atom. The smallest absolute Gasteiger partial charge is 0.330 e. The van der Waals surface area contributed by atoms with E-state index in [1.165, 1.54) is 4.90 Å². The molecule has 20 heteroatoms. The number of pyridine rings is 1. The van der Waals surface area contributed by atoms with Crippen LogP contribution in [0.1, 0.15) is 49.9 Å². The lowest BCUT2D eigenvalue weighted by molar-refractivity contribution is -0.197. The van der Waals surface area contributed by atoms with Crippen LogP contribution in [0.15, 0.2) is 18.2 Å². The predicted molar refractivity (Wildman–Crippen MR) is 136 cm³/mol. The highest BCUT2D eigenvalue weighted by Gasteiger charge is 2.32. The Kier molecular flexibility index (Phi) is 16.1. The third-order valence-corrected chi connectivity index (χ3v) is 6.28. The summed E-state index contributed by atoms with van der Waals surface area (Å²) in [6.45, 7) is 0.0329. The van der Waals surface area contributed by atoms with E-state index in [2.05, 4.69) is 4.98 Å². The molecule has 1 aliphatic rings. The van der Waals surface area contributed by atoms with Crippen molar-refractivity contribution in [3.8, 4) is 0 Å². The SMILES string of the molecule is O=C(CCCCCN(CO[P+](=O)O)Cc1cccc(CN(COP(O)O)COP(O)O)n1)ON1C(=O)CCC1=O. The summed E-state index contributed by atoms with van der Waals surface area (Å²) in [4.78, 5) is 92.5. The molecule has 1 fully saturated rings. The quantitative estimate of drug-likeness (QED) is 0.0583. The molecule has 1 atom stereocenters. The molecule has 2 rings (SSSR count). The molecule has 40 heavy (non-hydrogen) atoms. The molecule has 0 bridgehead atoms. The fraction of sp³-hybridized carbons (Fsp3) is 0.600. The first-order valence-corrected chi connectivity index (χ1v) is 15.4. The van der Waals surface area contributed by atoms with Crippen LogP contribution in [0.25, 0.3) is 0 Å². The molecule has 1 unspecified atom stereocenters. The normalized spacial score (nSPS) is 14.3. The first kappa shape index (κ1) is 34.5. The number of hydrogen-bond acceptors (Lipinski definition) is 15. The first-order valence-electron chi connectivity index (χ1n) is 11.9. The number of hydrogen-bond donors (Lipinski definition) is 5. The molecule has 1 saturated heterocycles. The summed E-state index contributed by atoms with van der Waals surface area (Å²) in [6, 6.07) is 5.14. The average Bonchev–Trinajstić information content (AvgIpc) is 3.20. The van der Waals surface area contributed by atoms with E-state index in [9.17, 15) is 18.9 Å².